The van der Waals surface area contributed by atoms with E-state index in [4.69, 9.17) is 4.18 Å². The highest BCUT2D eigenvalue weighted by atomic mass is 32.2. The van der Waals surface area contributed by atoms with Crippen molar-refractivity contribution in [1.82, 2.24) is 4.98 Å². The molecular weight excluding hydrogens is 470 g/mol. The molecule has 3 saturated carbocycles. The molecule has 1 aromatic rings. The fraction of sp³-hybridized carbons (Fsp3) is 0.900. The van der Waals surface area contributed by atoms with E-state index in [9.17, 15) is 5.11 Å². The van der Waals surface area contributed by atoms with Crippen molar-refractivity contribution < 1.29 is 9.29 Å². The van der Waals surface area contributed by atoms with Crippen LogP contribution >= 0.6 is 23.4 Å². The zero-order valence-electron chi connectivity index (χ0n) is 23.1. The van der Waals surface area contributed by atoms with E-state index in [2.05, 4.69) is 39.6 Å². The molecule has 1 aromatic heterocycles. The Labute approximate surface area is 223 Å². The van der Waals surface area contributed by atoms with Gasteiger partial charge in [-0.1, -0.05) is 47.5 Å². The summed E-state index contributed by atoms with van der Waals surface area (Å²) in [7, 11) is 0. The van der Waals surface area contributed by atoms with E-state index in [1.165, 1.54) is 76.3 Å². The van der Waals surface area contributed by atoms with Crippen molar-refractivity contribution in [3.05, 3.63) is 11.6 Å². The largest absolute Gasteiger partial charge is 0.393 e. The number of nitrogens with zero attached hydrogens (tertiary/aromatic N) is 1. The number of rotatable bonds is 11. The van der Waals surface area contributed by atoms with Crippen LogP contribution in [0.25, 0.3) is 0 Å². The molecule has 7 atom stereocenters. The lowest BCUT2D eigenvalue weighted by Gasteiger charge is -2.56. The summed E-state index contributed by atoms with van der Waals surface area (Å²) >= 11 is 3.10. The van der Waals surface area contributed by atoms with Gasteiger partial charge in [-0.3, -0.25) is 0 Å². The average molecular weight is 522 g/mol. The monoisotopic (exact) mass is 521 g/mol. The van der Waals surface area contributed by atoms with Crippen LogP contribution in [0.1, 0.15) is 118 Å². The molecule has 3 fully saturated rings. The second kappa shape index (κ2) is 11.7. The molecule has 35 heavy (non-hydrogen) atoms. The van der Waals surface area contributed by atoms with E-state index in [1.807, 2.05) is 11.6 Å². The summed E-state index contributed by atoms with van der Waals surface area (Å²) in [6.07, 6.45) is 18.5. The third-order valence-electron chi connectivity index (χ3n) is 11.3. The molecule has 0 bridgehead atoms. The first-order valence-corrected chi connectivity index (χ1v) is 16.2. The molecule has 4 unspecified atom stereocenters. The van der Waals surface area contributed by atoms with E-state index in [0.717, 1.165) is 48.0 Å². The molecule has 0 amide bonds. The molecule has 3 aliphatic carbocycles. The second-order valence-electron chi connectivity index (χ2n) is 13.0. The van der Waals surface area contributed by atoms with E-state index in [-0.39, 0.29) is 6.10 Å². The lowest BCUT2D eigenvalue weighted by molar-refractivity contribution is -0.0768. The molecule has 0 aromatic carbocycles. The van der Waals surface area contributed by atoms with E-state index in [1.54, 1.807) is 11.3 Å². The number of fused-ring (bicyclic) bond motifs is 1. The molecular formula is C30H51NO2S2. The van der Waals surface area contributed by atoms with Gasteiger partial charge in [-0.25, -0.2) is 4.98 Å². The van der Waals surface area contributed by atoms with Gasteiger partial charge in [0.25, 0.3) is 0 Å². The number of hydrogen-bond acceptors (Lipinski definition) is 5. The van der Waals surface area contributed by atoms with Crippen molar-refractivity contribution in [2.75, 3.05) is 6.61 Å². The van der Waals surface area contributed by atoms with Gasteiger partial charge in [0.05, 0.1) is 24.8 Å². The lowest BCUT2D eigenvalue weighted by atomic mass is 9.48. The minimum Gasteiger partial charge on any atom is -0.393 e. The summed E-state index contributed by atoms with van der Waals surface area (Å²) in [5.74, 6) is 3.12. The molecule has 0 aliphatic heterocycles. The highest BCUT2D eigenvalue weighted by Crippen LogP contribution is 2.69. The molecule has 5 heteroatoms. The minimum absolute atomic E-state index is 0.0781. The first-order chi connectivity index (χ1) is 16.8. The smallest absolute Gasteiger partial charge is 0.177 e. The van der Waals surface area contributed by atoms with E-state index in [0.29, 0.717) is 22.2 Å². The maximum atomic E-state index is 10.5. The first-order valence-electron chi connectivity index (χ1n) is 14.6. The van der Waals surface area contributed by atoms with Crippen molar-refractivity contribution in [3.63, 3.8) is 0 Å². The van der Waals surface area contributed by atoms with Crippen LogP contribution in [0.5, 0.6) is 0 Å². The summed E-state index contributed by atoms with van der Waals surface area (Å²) in [5, 5.41) is 12.6. The number of hydrogen-bond donors (Lipinski definition) is 1. The first kappa shape index (κ1) is 27.9. The Morgan fingerprint density at radius 3 is 2.69 bits per heavy atom. The number of aliphatic hydroxyl groups excluding tert-OH is 1. The Balaban J connectivity index is 1.40. The maximum absolute atomic E-state index is 10.5. The zero-order valence-corrected chi connectivity index (χ0v) is 24.7. The van der Waals surface area contributed by atoms with E-state index >= 15 is 0 Å². The average Bonchev–Trinajstić information content (AvgIpc) is 3.45. The predicted molar refractivity (Wildman–Crippen MR) is 150 cm³/mol. The van der Waals surface area contributed by atoms with E-state index < -0.39 is 0 Å². The number of thiazole rings is 1. The van der Waals surface area contributed by atoms with Gasteiger partial charge in [-0.05, 0) is 111 Å². The van der Waals surface area contributed by atoms with Crippen LogP contribution in [-0.2, 0) is 4.18 Å². The molecule has 1 N–H and O–H groups in total. The standard InChI is InChI=1S/C30H51NO2S2/c1-6-22(26-21-25(32)13-15-28(26,3)4)20-24-10-8-14-29(5)23(12-16-30(24,29)7-2)11-9-18-33-35-27-31-17-19-34-27/h17,19,22-26,32H,6-16,18,20-21H2,1-5H3/t22-,23-,24?,25+,26?,29?,30?/m0/s1. The summed E-state index contributed by atoms with van der Waals surface area (Å²) < 4.78 is 6.90. The summed E-state index contributed by atoms with van der Waals surface area (Å²) in [4.78, 5) is 4.30. The quantitative estimate of drug-likeness (QED) is 0.233. The highest BCUT2D eigenvalue weighted by Gasteiger charge is 2.60. The van der Waals surface area contributed by atoms with Crippen LogP contribution in [0.2, 0.25) is 0 Å². The SMILES string of the molecule is CC[C@@H](CC1CCCC2(C)[C@@H](CCCOSc3nccs3)CCC12CC)C1C[C@H](O)CCC1(C)C. The second-order valence-corrected chi connectivity index (χ2v) is 15.0. The van der Waals surface area contributed by atoms with Gasteiger partial charge in [-0.2, -0.15) is 0 Å². The predicted octanol–water partition coefficient (Wildman–Crippen LogP) is 9.16. The summed E-state index contributed by atoms with van der Waals surface area (Å²) in [6, 6.07) is 0. The number of aliphatic hydroxyl groups is 1. The van der Waals surface area contributed by atoms with Gasteiger partial charge in [-0.15, -0.1) is 11.3 Å². The van der Waals surface area contributed by atoms with Crippen LogP contribution in [-0.4, -0.2) is 22.8 Å². The Kier molecular flexibility index (Phi) is 9.37. The van der Waals surface area contributed by atoms with Crippen molar-refractivity contribution >= 4 is 23.4 Å². The molecule has 1 heterocycles. The molecule has 0 radical (unpaired) electrons. The molecule has 4 rings (SSSR count). The normalized spacial score (nSPS) is 37.8. The third kappa shape index (κ3) is 5.68. The Bertz CT molecular complexity index is 783. The van der Waals surface area contributed by atoms with Crippen molar-refractivity contribution in [2.45, 2.75) is 129 Å². The van der Waals surface area contributed by atoms with Gasteiger partial charge in [0.1, 0.15) is 0 Å². The fourth-order valence-electron chi connectivity index (χ4n) is 9.23. The zero-order chi connectivity index (χ0) is 25.1. The minimum atomic E-state index is -0.0781. The number of aromatic nitrogens is 1. The Morgan fingerprint density at radius 2 is 1.97 bits per heavy atom. The summed E-state index contributed by atoms with van der Waals surface area (Å²) in [6.45, 7) is 13.4. The van der Waals surface area contributed by atoms with Gasteiger partial charge in [0, 0.05) is 11.6 Å². The van der Waals surface area contributed by atoms with Crippen LogP contribution in [0, 0.1) is 39.9 Å². The van der Waals surface area contributed by atoms with Crippen LogP contribution in [0.3, 0.4) is 0 Å². The highest BCUT2D eigenvalue weighted by molar-refractivity contribution is 7.96. The Morgan fingerprint density at radius 1 is 1.14 bits per heavy atom. The van der Waals surface area contributed by atoms with Crippen LogP contribution in [0.4, 0.5) is 0 Å². The maximum Gasteiger partial charge on any atom is 0.177 e. The molecule has 3 nitrogen and oxygen atoms in total. The van der Waals surface area contributed by atoms with Crippen LogP contribution < -0.4 is 0 Å². The van der Waals surface area contributed by atoms with Gasteiger partial charge in [0.2, 0.25) is 0 Å². The fourth-order valence-corrected chi connectivity index (χ4v) is 10.5. The molecule has 0 saturated heterocycles. The molecule has 200 valence electrons. The van der Waals surface area contributed by atoms with Crippen LogP contribution in [0.15, 0.2) is 15.9 Å². The lowest BCUT2D eigenvalue weighted by Crippen LogP contribution is -2.48. The third-order valence-corrected chi connectivity index (χ3v) is 12.9. The van der Waals surface area contributed by atoms with Gasteiger partial charge in [0.15, 0.2) is 4.34 Å². The van der Waals surface area contributed by atoms with Gasteiger partial charge >= 0.3 is 0 Å². The Hall–Kier alpha value is -0.100. The van der Waals surface area contributed by atoms with Crippen molar-refractivity contribution in [2.24, 2.45) is 39.9 Å². The van der Waals surface area contributed by atoms with Crippen molar-refractivity contribution in [3.8, 4) is 0 Å². The molecule has 0 spiro atoms. The summed E-state index contributed by atoms with van der Waals surface area (Å²) in [5.41, 5.74) is 1.36. The topological polar surface area (TPSA) is 42.4 Å². The molecule has 3 aliphatic rings. The van der Waals surface area contributed by atoms with Gasteiger partial charge < -0.3 is 9.29 Å². The van der Waals surface area contributed by atoms with Crippen molar-refractivity contribution in [1.29, 1.82) is 0 Å².